The van der Waals surface area contributed by atoms with Crippen LogP contribution in [0.15, 0.2) is 0 Å². The Bertz CT molecular complexity index is 363. The van der Waals surface area contributed by atoms with Crippen molar-refractivity contribution in [2.75, 3.05) is 0 Å². The van der Waals surface area contributed by atoms with Crippen molar-refractivity contribution >= 4 is 11.8 Å². The highest BCUT2D eigenvalue weighted by Gasteiger charge is 2.16. The Morgan fingerprint density at radius 1 is 1.33 bits per heavy atom. The van der Waals surface area contributed by atoms with E-state index in [9.17, 15) is 0 Å². The van der Waals surface area contributed by atoms with Gasteiger partial charge in [-0.25, -0.2) is 9.97 Å². The van der Waals surface area contributed by atoms with Crippen LogP contribution >= 0.6 is 11.8 Å². The van der Waals surface area contributed by atoms with Gasteiger partial charge in [0.15, 0.2) is 0 Å². The molecule has 0 saturated carbocycles. The van der Waals surface area contributed by atoms with E-state index >= 15 is 0 Å². The Morgan fingerprint density at radius 2 is 2.13 bits per heavy atom. The fourth-order valence-electron chi connectivity index (χ4n) is 1.71. The van der Waals surface area contributed by atoms with Crippen molar-refractivity contribution in [3.8, 4) is 0 Å². The zero-order valence-corrected chi connectivity index (χ0v) is 10.3. The van der Waals surface area contributed by atoms with Gasteiger partial charge in [-0.3, -0.25) is 0 Å². The van der Waals surface area contributed by atoms with Gasteiger partial charge in [0.1, 0.15) is 5.82 Å². The molecular formula is C11H17N3S. The molecule has 1 aromatic heterocycles. The number of hydrogen-bond acceptors (Lipinski definition) is 4. The third-order valence-corrected chi connectivity index (χ3v) is 3.58. The summed E-state index contributed by atoms with van der Waals surface area (Å²) in [5, 5.41) is 3.95. The van der Waals surface area contributed by atoms with Crippen molar-refractivity contribution < 1.29 is 0 Å². The van der Waals surface area contributed by atoms with Gasteiger partial charge < -0.3 is 5.32 Å². The molecule has 0 fully saturated rings. The Morgan fingerprint density at radius 3 is 2.87 bits per heavy atom. The third-order valence-electron chi connectivity index (χ3n) is 2.49. The smallest absolute Gasteiger partial charge is 0.138 e. The van der Waals surface area contributed by atoms with Crippen LogP contribution in [0.5, 0.6) is 0 Å². The van der Waals surface area contributed by atoms with Crippen LogP contribution < -0.4 is 5.32 Å². The SMILES string of the molecule is Cc1nc(CSC(C)C)nc2c1CNC2. The van der Waals surface area contributed by atoms with Crippen LogP contribution in [0.4, 0.5) is 0 Å². The number of nitrogens with one attached hydrogen (secondary N) is 1. The van der Waals surface area contributed by atoms with E-state index in [0.717, 1.165) is 30.4 Å². The molecule has 2 rings (SSSR count). The largest absolute Gasteiger partial charge is 0.307 e. The second kappa shape index (κ2) is 4.49. The summed E-state index contributed by atoms with van der Waals surface area (Å²) in [4.78, 5) is 9.14. The molecule has 4 heteroatoms. The van der Waals surface area contributed by atoms with E-state index in [1.165, 1.54) is 11.3 Å². The number of aromatic nitrogens is 2. The van der Waals surface area contributed by atoms with Gasteiger partial charge in [-0.05, 0) is 12.2 Å². The van der Waals surface area contributed by atoms with Crippen LogP contribution in [0, 0.1) is 6.92 Å². The summed E-state index contributed by atoms with van der Waals surface area (Å²) in [5.74, 6) is 1.90. The van der Waals surface area contributed by atoms with Gasteiger partial charge in [-0.15, -0.1) is 0 Å². The molecule has 1 aliphatic rings. The minimum atomic E-state index is 0.639. The fraction of sp³-hybridized carbons (Fsp3) is 0.636. The maximum atomic E-state index is 4.59. The quantitative estimate of drug-likeness (QED) is 0.851. The standard InChI is InChI=1S/C11H17N3S/c1-7(2)15-6-11-13-8(3)9-4-12-5-10(9)14-11/h7,12H,4-6H2,1-3H3. The van der Waals surface area contributed by atoms with Crippen molar-refractivity contribution in [1.82, 2.24) is 15.3 Å². The molecule has 3 nitrogen and oxygen atoms in total. The van der Waals surface area contributed by atoms with Crippen LogP contribution in [-0.4, -0.2) is 15.2 Å². The Balaban J connectivity index is 2.16. The lowest BCUT2D eigenvalue weighted by atomic mass is 10.2. The molecule has 0 saturated heterocycles. The van der Waals surface area contributed by atoms with Gasteiger partial charge in [0, 0.05) is 24.3 Å². The van der Waals surface area contributed by atoms with Gasteiger partial charge in [0.05, 0.1) is 11.4 Å². The minimum Gasteiger partial charge on any atom is -0.307 e. The lowest BCUT2D eigenvalue weighted by Gasteiger charge is -2.07. The van der Waals surface area contributed by atoms with Gasteiger partial charge in [0.2, 0.25) is 0 Å². The predicted molar refractivity (Wildman–Crippen MR) is 63.7 cm³/mol. The zero-order chi connectivity index (χ0) is 10.8. The molecule has 0 atom stereocenters. The van der Waals surface area contributed by atoms with Crippen LogP contribution in [-0.2, 0) is 18.8 Å². The molecule has 0 radical (unpaired) electrons. The topological polar surface area (TPSA) is 37.8 Å². The molecule has 15 heavy (non-hydrogen) atoms. The molecule has 0 aliphatic carbocycles. The maximum absolute atomic E-state index is 4.59. The number of rotatable bonds is 3. The highest BCUT2D eigenvalue weighted by Crippen LogP contribution is 2.19. The summed E-state index contributed by atoms with van der Waals surface area (Å²) in [6, 6.07) is 0. The molecule has 2 heterocycles. The Hall–Kier alpha value is -0.610. The summed E-state index contributed by atoms with van der Waals surface area (Å²) in [5.41, 5.74) is 3.64. The maximum Gasteiger partial charge on any atom is 0.138 e. The van der Waals surface area contributed by atoms with E-state index in [4.69, 9.17) is 0 Å². The van der Waals surface area contributed by atoms with Gasteiger partial charge in [-0.1, -0.05) is 13.8 Å². The fourth-order valence-corrected chi connectivity index (χ4v) is 2.32. The molecular weight excluding hydrogens is 206 g/mol. The van der Waals surface area contributed by atoms with E-state index in [1.807, 2.05) is 11.8 Å². The Labute approximate surface area is 95.1 Å². The molecule has 1 N–H and O–H groups in total. The van der Waals surface area contributed by atoms with E-state index in [-0.39, 0.29) is 0 Å². The Kier molecular flexibility index (Phi) is 3.26. The second-order valence-electron chi connectivity index (χ2n) is 4.11. The van der Waals surface area contributed by atoms with E-state index in [1.54, 1.807) is 0 Å². The summed E-state index contributed by atoms with van der Waals surface area (Å²) in [6.07, 6.45) is 0. The molecule has 0 unspecified atom stereocenters. The second-order valence-corrected chi connectivity index (χ2v) is 5.68. The van der Waals surface area contributed by atoms with E-state index in [2.05, 4.69) is 36.1 Å². The minimum absolute atomic E-state index is 0.639. The first kappa shape index (κ1) is 10.9. The lowest BCUT2D eigenvalue weighted by molar-refractivity contribution is 0.756. The van der Waals surface area contributed by atoms with Gasteiger partial charge in [-0.2, -0.15) is 11.8 Å². The number of thioether (sulfide) groups is 1. The molecule has 0 aromatic carbocycles. The van der Waals surface area contributed by atoms with Crippen molar-refractivity contribution in [3.63, 3.8) is 0 Å². The van der Waals surface area contributed by atoms with E-state index in [0.29, 0.717) is 5.25 Å². The molecule has 0 spiro atoms. The predicted octanol–water partition coefficient (Wildman–Crippen LogP) is 2.03. The molecule has 82 valence electrons. The normalized spacial score (nSPS) is 14.7. The summed E-state index contributed by atoms with van der Waals surface area (Å²) >= 11 is 1.89. The average Bonchev–Trinajstić information content (AvgIpc) is 2.63. The first-order valence-corrected chi connectivity index (χ1v) is 6.39. The molecule has 1 aliphatic heterocycles. The van der Waals surface area contributed by atoms with Crippen LogP contribution in [0.3, 0.4) is 0 Å². The first-order chi connectivity index (χ1) is 7.16. The number of nitrogens with zero attached hydrogens (tertiary/aromatic N) is 2. The lowest BCUT2D eigenvalue weighted by Crippen LogP contribution is -2.03. The molecule has 0 amide bonds. The van der Waals surface area contributed by atoms with Crippen LogP contribution in [0.2, 0.25) is 0 Å². The van der Waals surface area contributed by atoms with Crippen molar-refractivity contribution in [2.45, 2.75) is 44.9 Å². The van der Waals surface area contributed by atoms with Crippen molar-refractivity contribution in [3.05, 3.63) is 22.8 Å². The first-order valence-electron chi connectivity index (χ1n) is 5.34. The van der Waals surface area contributed by atoms with Crippen molar-refractivity contribution in [2.24, 2.45) is 0 Å². The number of hydrogen-bond donors (Lipinski definition) is 1. The highest BCUT2D eigenvalue weighted by atomic mass is 32.2. The summed E-state index contributed by atoms with van der Waals surface area (Å²) in [7, 11) is 0. The van der Waals surface area contributed by atoms with Gasteiger partial charge in [0.25, 0.3) is 0 Å². The van der Waals surface area contributed by atoms with Gasteiger partial charge >= 0.3 is 0 Å². The monoisotopic (exact) mass is 223 g/mol. The summed E-state index contributed by atoms with van der Waals surface area (Å²) < 4.78 is 0. The highest BCUT2D eigenvalue weighted by molar-refractivity contribution is 7.99. The molecule has 1 aromatic rings. The third kappa shape index (κ3) is 2.49. The zero-order valence-electron chi connectivity index (χ0n) is 9.50. The molecule has 0 bridgehead atoms. The summed E-state index contributed by atoms with van der Waals surface area (Å²) in [6.45, 7) is 8.31. The van der Waals surface area contributed by atoms with E-state index < -0.39 is 0 Å². The van der Waals surface area contributed by atoms with Crippen molar-refractivity contribution in [1.29, 1.82) is 0 Å². The van der Waals surface area contributed by atoms with Crippen LogP contribution in [0.25, 0.3) is 0 Å². The number of aryl methyl sites for hydroxylation is 1. The number of fused-ring (bicyclic) bond motifs is 1. The van der Waals surface area contributed by atoms with Crippen LogP contribution in [0.1, 0.15) is 36.6 Å². The average molecular weight is 223 g/mol.